The van der Waals surface area contributed by atoms with Crippen LogP contribution < -0.4 is 5.32 Å². The zero-order valence-electron chi connectivity index (χ0n) is 10.6. The molecule has 0 unspecified atom stereocenters. The summed E-state index contributed by atoms with van der Waals surface area (Å²) in [6, 6.07) is 10.7. The molecule has 0 amide bonds. The van der Waals surface area contributed by atoms with Gasteiger partial charge in [-0.1, -0.05) is 42.1 Å². The predicted octanol–water partition coefficient (Wildman–Crippen LogP) is 3.05. The number of thioether (sulfide) groups is 1. The van der Waals surface area contributed by atoms with Crippen LogP contribution in [0.4, 0.5) is 0 Å². The van der Waals surface area contributed by atoms with E-state index in [1.54, 1.807) is 11.8 Å². The molecule has 4 heteroatoms. The number of nitrogens with zero attached hydrogens (tertiary/aromatic N) is 2. The molecular formula is C14H17N3S. The summed E-state index contributed by atoms with van der Waals surface area (Å²) < 4.78 is 0. The lowest BCUT2D eigenvalue weighted by molar-refractivity contribution is 0.571. The van der Waals surface area contributed by atoms with Crippen LogP contribution in [0.1, 0.15) is 24.1 Å². The molecule has 1 heterocycles. The maximum atomic E-state index is 4.26. The lowest BCUT2D eigenvalue weighted by atomic mass is 10.1. The van der Waals surface area contributed by atoms with Crippen LogP contribution >= 0.6 is 11.8 Å². The van der Waals surface area contributed by atoms with Crippen molar-refractivity contribution in [1.29, 1.82) is 0 Å². The van der Waals surface area contributed by atoms with Crippen molar-refractivity contribution >= 4 is 11.8 Å². The van der Waals surface area contributed by atoms with E-state index in [-0.39, 0.29) is 0 Å². The molecule has 2 rings (SSSR count). The summed E-state index contributed by atoms with van der Waals surface area (Å²) >= 11 is 1.56. The van der Waals surface area contributed by atoms with Gasteiger partial charge in [-0.3, -0.25) is 0 Å². The number of benzene rings is 1. The molecule has 0 saturated heterocycles. The molecule has 0 fully saturated rings. The predicted molar refractivity (Wildman–Crippen MR) is 75.5 cm³/mol. The Morgan fingerprint density at radius 2 is 1.83 bits per heavy atom. The molecule has 0 spiro atoms. The molecule has 18 heavy (non-hydrogen) atoms. The summed E-state index contributed by atoms with van der Waals surface area (Å²) in [6.07, 6.45) is 5.73. The first-order valence-corrected chi connectivity index (χ1v) is 7.15. The first-order chi connectivity index (χ1) is 8.79. The van der Waals surface area contributed by atoms with Gasteiger partial charge in [-0.2, -0.15) is 0 Å². The van der Waals surface area contributed by atoms with Crippen LogP contribution in [-0.4, -0.2) is 16.2 Å². The lowest BCUT2D eigenvalue weighted by Crippen LogP contribution is -2.18. The van der Waals surface area contributed by atoms with Crippen molar-refractivity contribution in [1.82, 2.24) is 15.3 Å². The van der Waals surface area contributed by atoms with Crippen LogP contribution in [0.15, 0.2) is 47.9 Å². The number of hydrogen-bond donors (Lipinski definition) is 1. The van der Waals surface area contributed by atoms with E-state index in [1.165, 1.54) is 5.56 Å². The van der Waals surface area contributed by atoms with Crippen molar-refractivity contribution in [2.75, 3.05) is 6.26 Å². The number of hydrogen-bond acceptors (Lipinski definition) is 4. The van der Waals surface area contributed by atoms with E-state index in [4.69, 9.17) is 0 Å². The minimum absolute atomic E-state index is 0.325. The highest BCUT2D eigenvalue weighted by Gasteiger charge is 2.04. The Labute approximate surface area is 112 Å². The fraction of sp³-hybridized carbons (Fsp3) is 0.286. The molecule has 0 radical (unpaired) electrons. The molecule has 1 atom stereocenters. The van der Waals surface area contributed by atoms with Gasteiger partial charge in [0.05, 0.1) is 0 Å². The molecule has 1 aromatic carbocycles. The lowest BCUT2D eigenvalue weighted by Gasteiger charge is -2.13. The van der Waals surface area contributed by atoms with Crippen molar-refractivity contribution in [3.8, 4) is 0 Å². The van der Waals surface area contributed by atoms with Gasteiger partial charge in [0.2, 0.25) is 0 Å². The summed E-state index contributed by atoms with van der Waals surface area (Å²) in [6.45, 7) is 2.94. The third-order valence-electron chi connectivity index (χ3n) is 2.78. The van der Waals surface area contributed by atoms with Gasteiger partial charge in [0.1, 0.15) is 0 Å². The molecule has 94 valence electrons. The second-order valence-corrected chi connectivity index (χ2v) is 4.86. The van der Waals surface area contributed by atoms with Crippen LogP contribution in [0.25, 0.3) is 0 Å². The number of nitrogens with one attached hydrogen (secondary N) is 1. The first-order valence-electron chi connectivity index (χ1n) is 5.93. The number of rotatable bonds is 5. The maximum Gasteiger partial charge on any atom is 0.187 e. The topological polar surface area (TPSA) is 37.8 Å². The van der Waals surface area contributed by atoms with Crippen LogP contribution in [0, 0.1) is 0 Å². The van der Waals surface area contributed by atoms with Gasteiger partial charge in [0.15, 0.2) is 5.16 Å². The van der Waals surface area contributed by atoms with Crippen molar-refractivity contribution in [3.05, 3.63) is 53.9 Å². The first kappa shape index (κ1) is 13.1. The maximum absolute atomic E-state index is 4.26. The largest absolute Gasteiger partial charge is 0.306 e. The van der Waals surface area contributed by atoms with Gasteiger partial charge in [0, 0.05) is 30.5 Å². The zero-order valence-corrected chi connectivity index (χ0v) is 11.4. The average molecular weight is 259 g/mol. The molecule has 1 aromatic heterocycles. The summed E-state index contributed by atoms with van der Waals surface area (Å²) in [5.74, 6) is 0. The molecule has 1 N–H and O–H groups in total. The van der Waals surface area contributed by atoms with Gasteiger partial charge >= 0.3 is 0 Å². The third-order valence-corrected chi connectivity index (χ3v) is 3.35. The summed E-state index contributed by atoms with van der Waals surface area (Å²) in [5.41, 5.74) is 2.40. The SMILES string of the molecule is CSc1ncc(CN[C@@H](C)c2ccccc2)cn1. The van der Waals surface area contributed by atoms with Crippen LogP contribution in [0.2, 0.25) is 0 Å². The van der Waals surface area contributed by atoms with E-state index in [0.29, 0.717) is 6.04 Å². The van der Waals surface area contributed by atoms with Gasteiger partial charge in [0.25, 0.3) is 0 Å². The van der Waals surface area contributed by atoms with E-state index >= 15 is 0 Å². The van der Waals surface area contributed by atoms with Gasteiger partial charge in [-0.15, -0.1) is 0 Å². The highest BCUT2D eigenvalue weighted by molar-refractivity contribution is 7.98. The fourth-order valence-corrected chi connectivity index (χ4v) is 1.99. The normalized spacial score (nSPS) is 12.3. The van der Waals surface area contributed by atoms with Crippen LogP contribution in [-0.2, 0) is 6.54 Å². The smallest absolute Gasteiger partial charge is 0.187 e. The van der Waals surface area contributed by atoms with Crippen molar-refractivity contribution in [2.45, 2.75) is 24.7 Å². The second kappa shape index (κ2) is 6.52. The van der Waals surface area contributed by atoms with E-state index < -0.39 is 0 Å². The van der Waals surface area contributed by atoms with Gasteiger partial charge in [-0.25, -0.2) is 9.97 Å². The Morgan fingerprint density at radius 3 is 2.44 bits per heavy atom. The second-order valence-electron chi connectivity index (χ2n) is 4.09. The summed E-state index contributed by atoms with van der Waals surface area (Å²) in [7, 11) is 0. The van der Waals surface area contributed by atoms with Crippen LogP contribution in [0.5, 0.6) is 0 Å². The molecule has 0 aliphatic heterocycles. The van der Waals surface area contributed by atoms with E-state index in [9.17, 15) is 0 Å². The van der Waals surface area contributed by atoms with Crippen molar-refractivity contribution in [3.63, 3.8) is 0 Å². The molecule has 0 bridgehead atoms. The highest BCUT2D eigenvalue weighted by atomic mass is 32.2. The Hall–Kier alpha value is -1.39. The fourth-order valence-electron chi connectivity index (χ4n) is 1.67. The quantitative estimate of drug-likeness (QED) is 0.661. The standard InChI is InChI=1S/C14H17N3S/c1-11(13-6-4-3-5-7-13)15-8-12-9-16-14(18-2)17-10-12/h3-7,9-11,15H,8H2,1-2H3/t11-/m0/s1. The molecule has 0 saturated carbocycles. The minimum atomic E-state index is 0.325. The molecule has 2 aromatic rings. The Balaban J connectivity index is 1.91. The zero-order chi connectivity index (χ0) is 12.8. The van der Waals surface area contributed by atoms with E-state index in [1.807, 2.05) is 24.7 Å². The highest BCUT2D eigenvalue weighted by Crippen LogP contribution is 2.12. The molecule has 0 aliphatic carbocycles. The monoisotopic (exact) mass is 259 g/mol. The Kier molecular flexibility index (Phi) is 4.73. The van der Waals surface area contributed by atoms with Crippen LogP contribution in [0.3, 0.4) is 0 Å². The third kappa shape index (κ3) is 3.55. The van der Waals surface area contributed by atoms with Crippen molar-refractivity contribution < 1.29 is 0 Å². The molecule has 0 aliphatic rings. The average Bonchev–Trinajstić information content (AvgIpc) is 2.46. The van der Waals surface area contributed by atoms with E-state index in [2.05, 4.69) is 46.5 Å². The van der Waals surface area contributed by atoms with Gasteiger partial charge in [-0.05, 0) is 18.7 Å². The summed E-state index contributed by atoms with van der Waals surface area (Å²) in [4.78, 5) is 8.52. The molecular weight excluding hydrogens is 242 g/mol. The van der Waals surface area contributed by atoms with Gasteiger partial charge < -0.3 is 5.32 Å². The Bertz CT molecular complexity index is 470. The van der Waals surface area contributed by atoms with E-state index in [0.717, 1.165) is 17.3 Å². The number of aromatic nitrogens is 2. The molecule has 3 nitrogen and oxygen atoms in total. The Morgan fingerprint density at radius 1 is 1.17 bits per heavy atom. The minimum Gasteiger partial charge on any atom is -0.306 e. The van der Waals surface area contributed by atoms with Crippen molar-refractivity contribution in [2.24, 2.45) is 0 Å². The summed E-state index contributed by atoms with van der Waals surface area (Å²) in [5, 5.41) is 4.28.